The van der Waals surface area contributed by atoms with Crippen molar-refractivity contribution in [2.75, 3.05) is 6.54 Å². The van der Waals surface area contributed by atoms with Crippen LogP contribution in [0.3, 0.4) is 0 Å². The van der Waals surface area contributed by atoms with Crippen molar-refractivity contribution in [2.45, 2.75) is 43.7 Å². The Labute approximate surface area is 150 Å². The zero-order valence-electron chi connectivity index (χ0n) is 13.9. The summed E-state index contributed by atoms with van der Waals surface area (Å²) in [5.41, 5.74) is 0.374. The van der Waals surface area contributed by atoms with Crippen molar-refractivity contribution in [3.8, 4) is 0 Å². The molecule has 1 aliphatic heterocycles. The number of amides is 1. The minimum Gasteiger partial charge on any atom is -0.360 e. The second-order valence-electron chi connectivity index (χ2n) is 6.69. The highest BCUT2D eigenvalue weighted by molar-refractivity contribution is 7.89. The first-order chi connectivity index (χ1) is 11.9. The van der Waals surface area contributed by atoms with Crippen molar-refractivity contribution in [1.29, 1.82) is 0 Å². The molecule has 1 saturated heterocycles. The van der Waals surface area contributed by atoms with E-state index in [0.717, 1.165) is 12.8 Å². The summed E-state index contributed by atoms with van der Waals surface area (Å²) in [4.78, 5) is 13.1. The summed E-state index contributed by atoms with van der Waals surface area (Å²) in [7, 11) is -3.68. The first kappa shape index (κ1) is 16.7. The van der Waals surface area contributed by atoms with Crippen molar-refractivity contribution in [1.82, 2.24) is 14.8 Å². The van der Waals surface area contributed by atoms with E-state index in [0.29, 0.717) is 22.9 Å². The van der Waals surface area contributed by atoms with Crippen LogP contribution in [0.1, 0.15) is 34.0 Å². The molecule has 25 heavy (non-hydrogen) atoms. The number of aromatic nitrogens is 1. The average Bonchev–Trinajstić information content (AvgIpc) is 3.30. The second-order valence-corrected chi connectivity index (χ2v) is 9.47. The van der Waals surface area contributed by atoms with E-state index < -0.39 is 10.0 Å². The fourth-order valence-electron chi connectivity index (χ4n) is 4.01. The Kier molecular flexibility index (Phi) is 3.97. The lowest BCUT2D eigenvalue weighted by Crippen LogP contribution is -2.51. The maximum absolute atomic E-state index is 13.1. The third-order valence-electron chi connectivity index (χ3n) is 5.03. The number of hydrogen-bond acceptors (Lipinski definition) is 6. The zero-order valence-corrected chi connectivity index (χ0v) is 15.6. The first-order valence-corrected chi connectivity index (χ1v) is 10.5. The second kappa shape index (κ2) is 5.93. The number of fused-ring (bicyclic) bond motifs is 2. The number of sulfonamides is 1. The molecule has 0 spiro atoms. The van der Waals surface area contributed by atoms with Crippen molar-refractivity contribution in [3.05, 3.63) is 33.8 Å². The molecule has 7 nitrogen and oxygen atoms in total. The lowest BCUT2D eigenvalue weighted by Gasteiger charge is -2.32. The number of aryl methyl sites for hydroxylation is 2. The Morgan fingerprint density at radius 2 is 2.20 bits per heavy atom. The van der Waals surface area contributed by atoms with E-state index in [4.69, 9.17) is 4.52 Å². The number of carbonyl (C=O) groups is 1. The Bertz CT molecular complexity index is 884. The van der Waals surface area contributed by atoms with Crippen molar-refractivity contribution in [2.24, 2.45) is 5.92 Å². The van der Waals surface area contributed by atoms with Crippen LogP contribution in [-0.4, -0.2) is 42.4 Å². The molecule has 1 aliphatic carbocycles. The van der Waals surface area contributed by atoms with E-state index >= 15 is 0 Å². The molecule has 134 valence electrons. The minimum absolute atomic E-state index is 0.137. The predicted octanol–water partition coefficient (Wildman–Crippen LogP) is 1.93. The van der Waals surface area contributed by atoms with Crippen molar-refractivity contribution >= 4 is 27.3 Å². The fraction of sp³-hybridized carbons (Fsp3) is 0.500. The van der Waals surface area contributed by atoms with Crippen LogP contribution in [0.15, 0.2) is 26.9 Å². The smallest absolute Gasteiger partial charge is 0.261 e. The van der Waals surface area contributed by atoms with Gasteiger partial charge in [0.25, 0.3) is 5.91 Å². The summed E-state index contributed by atoms with van der Waals surface area (Å²) >= 11 is 1.38. The molecule has 2 fully saturated rings. The maximum Gasteiger partial charge on any atom is 0.261 e. The minimum atomic E-state index is -3.68. The van der Waals surface area contributed by atoms with Crippen LogP contribution < -0.4 is 5.32 Å². The highest BCUT2D eigenvalue weighted by atomic mass is 32.2. The van der Waals surface area contributed by atoms with E-state index in [9.17, 15) is 13.2 Å². The SMILES string of the molecule is Cc1noc(C)c1S(=O)(=O)N1C[C@@H]2C[C@H](NC(=O)c3cccs3)[C@H]1C2. The van der Waals surface area contributed by atoms with Gasteiger partial charge in [0, 0.05) is 18.6 Å². The van der Waals surface area contributed by atoms with Gasteiger partial charge in [-0.1, -0.05) is 11.2 Å². The largest absolute Gasteiger partial charge is 0.360 e. The van der Waals surface area contributed by atoms with Crippen LogP contribution in [0.5, 0.6) is 0 Å². The number of rotatable bonds is 4. The molecule has 1 amide bonds. The molecule has 4 rings (SSSR count). The number of carbonyl (C=O) groups excluding carboxylic acids is 1. The molecule has 2 aromatic heterocycles. The van der Waals surface area contributed by atoms with Gasteiger partial charge in [0.05, 0.1) is 4.88 Å². The number of thiophene rings is 1. The third kappa shape index (κ3) is 2.70. The van der Waals surface area contributed by atoms with E-state index in [1.807, 2.05) is 11.4 Å². The molecule has 0 radical (unpaired) electrons. The normalized spacial score (nSPS) is 26.2. The van der Waals surface area contributed by atoms with E-state index in [1.165, 1.54) is 15.6 Å². The summed E-state index contributed by atoms with van der Waals surface area (Å²) < 4.78 is 32.8. The lowest BCUT2D eigenvalue weighted by atomic mass is 10.1. The van der Waals surface area contributed by atoms with Crippen molar-refractivity contribution < 1.29 is 17.7 Å². The van der Waals surface area contributed by atoms with Crippen LogP contribution in [0.4, 0.5) is 0 Å². The standard InChI is InChI=1S/C16H19N3O4S2/c1-9-15(10(2)23-18-9)25(21,22)19-8-11-6-12(13(19)7-11)17-16(20)14-4-3-5-24-14/h3-5,11-13H,6-8H2,1-2H3,(H,17,20)/t11-,12+,13-/m1/s1. The van der Waals surface area contributed by atoms with Crippen LogP contribution >= 0.6 is 11.3 Å². The van der Waals surface area contributed by atoms with Crippen LogP contribution in [0.25, 0.3) is 0 Å². The zero-order chi connectivity index (χ0) is 17.8. The molecule has 3 heterocycles. The third-order valence-corrected chi connectivity index (χ3v) is 8.04. The highest BCUT2D eigenvalue weighted by Crippen LogP contribution is 2.41. The number of nitrogens with one attached hydrogen (secondary N) is 1. The number of piperidine rings is 1. The van der Waals surface area contributed by atoms with Crippen molar-refractivity contribution in [3.63, 3.8) is 0 Å². The summed E-state index contributed by atoms with van der Waals surface area (Å²) in [6, 6.07) is 3.22. The maximum atomic E-state index is 13.1. The van der Waals surface area contributed by atoms with Gasteiger partial charge in [-0.25, -0.2) is 8.42 Å². The van der Waals surface area contributed by atoms with E-state index in [2.05, 4.69) is 10.5 Å². The highest BCUT2D eigenvalue weighted by Gasteiger charge is 2.51. The molecular weight excluding hydrogens is 362 g/mol. The van der Waals surface area contributed by atoms with E-state index in [1.54, 1.807) is 19.9 Å². The van der Waals surface area contributed by atoms with Gasteiger partial charge in [-0.2, -0.15) is 4.31 Å². The predicted molar refractivity (Wildman–Crippen MR) is 92.0 cm³/mol. The van der Waals surface area contributed by atoms with Gasteiger partial charge in [-0.15, -0.1) is 11.3 Å². The molecule has 2 bridgehead atoms. The lowest BCUT2D eigenvalue weighted by molar-refractivity contribution is 0.0921. The fourth-order valence-corrected chi connectivity index (χ4v) is 6.68. The Hall–Kier alpha value is -1.71. The molecule has 2 aromatic rings. The molecule has 9 heteroatoms. The topological polar surface area (TPSA) is 92.5 Å². The summed E-state index contributed by atoms with van der Waals surface area (Å²) in [5.74, 6) is 0.440. The van der Waals surface area contributed by atoms with Gasteiger partial charge >= 0.3 is 0 Å². The van der Waals surface area contributed by atoms with Gasteiger partial charge in [-0.05, 0) is 44.1 Å². The molecule has 2 aliphatic rings. The van der Waals surface area contributed by atoms with Gasteiger partial charge in [0.1, 0.15) is 10.6 Å². The average molecular weight is 381 g/mol. The van der Waals surface area contributed by atoms with Gasteiger partial charge in [0.2, 0.25) is 10.0 Å². The number of hydrogen-bond donors (Lipinski definition) is 1. The van der Waals surface area contributed by atoms with Gasteiger partial charge in [-0.3, -0.25) is 4.79 Å². The van der Waals surface area contributed by atoms with Crippen LogP contribution in [0, 0.1) is 19.8 Å². The van der Waals surface area contributed by atoms with Gasteiger partial charge in [0.15, 0.2) is 5.76 Å². The van der Waals surface area contributed by atoms with E-state index in [-0.39, 0.29) is 28.8 Å². The summed E-state index contributed by atoms with van der Waals surface area (Å²) in [6.45, 7) is 3.73. The monoisotopic (exact) mass is 381 g/mol. The first-order valence-electron chi connectivity index (χ1n) is 8.17. The Balaban J connectivity index is 1.58. The Morgan fingerprint density at radius 3 is 2.80 bits per heavy atom. The molecule has 0 aromatic carbocycles. The number of nitrogens with zero attached hydrogens (tertiary/aromatic N) is 2. The van der Waals surface area contributed by atoms with Gasteiger partial charge < -0.3 is 9.84 Å². The Morgan fingerprint density at radius 1 is 1.40 bits per heavy atom. The summed E-state index contributed by atoms with van der Waals surface area (Å²) in [5, 5.41) is 8.63. The van der Waals surface area contributed by atoms with Crippen LogP contribution in [-0.2, 0) is 10.0 Å². The molecule has 1 N–H and O–H groups in total. The quantitative estimate of drug-likeness (QED) is 0.874. The molecule has 3 atom stereocenters. The summed E-state index contributed by atoms with van der Waals surface area (Å²) in [6.07, 6.45) is 1.59. The van der Waals surface area contributed by atoms with Crippen LogP contribution in [0.2, 0.25) is 0 Å². The molecule has 0 unspecified atom stereocenters. The molecular formula is C16H19N3O4S2. The molecule has 1 saturated carbocycles.